The van der Waals surface area contributed by atoms with E-state index in [4.69, 9.17) is 11.6 Å². The maximum absolute atomic E-state index is 13.6. The van der Waals surface area contributed by atoms with Crippen LogP contribution < -0.4 is 10.6 Å². The van der Waals surface area contributed by atoms with Gasteiger partial charge in [0.1, 0.15) is 17.3 Å². The second-order valence-corrected chi connectivity index (χ2v) is 5.57. The molecule has 1 aromatic heterocycles. The first-order chi connectivity index (χ1) is 12.1. The zero-order chi connectivity index (χ0) is 17.6. The van der Waals surface area contributed by atoms with Crippen LogP contribution in [-0.4, -0.2) is 15.9 Å². The van der Waals surface area contributed by atoms with E-state index in [9.17, 15) is 9.18 Å². The Balaban J connectivity index is 1.63. The van der Waals surface area contributed by atoms with Crippen LogP contribution in [0.25, 0.3) is 0 Å². The van der Waals surface area contributed by atoms with E-state index in [1.54, 1.807) is 42.5 Å². The molecule has 1 amide bonds. The summed E-state index contributed by atoms with van der Waals surface area (Å²) in [5.74, 6) is -0.266. The van der Waals surface area contributed by atoms with Gasteiger partial charge in [-0.15, -0.1) is 0 Å². The third-order valence-electron chi connectivity index (χ3n) is 3.42. The summed E-state index contributed by atoms with van der Waals surface area (Å²) in [6.07, 6.45) is 2.76. The van der Waals surface area contributed by atoms with Gasteiger partial charge in [0.15, 0.2) is 0 Å². The second kappa shape index (κ2) is 7.72. The molecule has 0 fully saturated rings. The molecule has 0 saturated heterocycles. The average molecular weight is 357 g/mol. The maximum atomic E-state index is 13.6. The predicted octanol–water partition coefficient (Wildman–Crippen LogP) is 4.13. The summed E-state index contributed by atoms with van der Waals surface area (Å²) in [5.41, 5.74) is 1.17. The van der Waals surface area contributed by atoms with Gasteiger partial charge in [-0.2, -0.15) is 0 Å². The fourth-order valence-corrected chi connectivity index (χ4v) is 2.30. The molecule has 0 atom stereocenters. The minimum absolute atomic E-state index is 0.149. The molecule has 0 aliphatic carbocycles. The Kier molecular flexibility index (Phi) is 5.20. The number of aromatic nitrogens is 2. The van der Waals surface area contributed by atoms with E-state index in [2.05, 4.69) is 20.6 Å². The van der Waals surface area contributed by atoms with Crippen LogP contribution in [0.4, 0.5) is 15.9 Å². The minimum atomic E-state index is -0.416. The third-order valence-corrected chi connectivity index (χ3v) is 3.75. The number of halogens is 2. The molecule has 126 valence electrons. The lowest BCUT2D eigenvalue weighted by atomic mass is 10.2. The van der Waals surface area contributed by atoms with Crippen LogP contribution in [-0.2, 0) is 6.54 Å². The number of anilines is 2. The molecule has 2 aromatic carbocycles. The molecule has 2 N–H and O–H groups in total. The molecule has 0 bridgehead atoms. The van der Waals surface area contributed by atoms with Gasteiger partial charge in [-0.1, -0.05) is 41.9 Å². The Morgan fingerprint density at radius 3 is 2.52 bits per heavy atom. The summed E-state index contributed by atoms with van der Waals surface area (Å²) >= 11 is 6.00. The highest BCUT2D eigenvalue weighted by atomic mass is 35.5. The number of hydrogen-bond acceptors (Lipinski definition) is 4. The van der Waals surface area contributed by atoms with Crippen LogP contribution in [0.1, 0.15) is 16.1 Å². The minimum Gasteiger partial charge on any atom is -0.365 e. The summed E-state index contributed by atoms with van der Waals surface area (Å²) in [6, 6.07) is 13.4. The zero-order valence-electron chi connectivity index (χ0n) is 13.0. The first-order valence-electron chi connectivity index (χ1n) is 7.48. The first-order valence-corrected chi connectivity index (χ1v) is 7.86. The molecule has 0 aliphatic rings. The quantitative estimate of drug-likeness (QED) is 0.721. The number of carbonyl (C=O) groups excluding carboxylic acids is 1. The Hall–Kier alpha value is -2.99. The molecule has 3 aromatic rings. The highest BCUT2D eigenvalue weighted by Gasteiger charge is 2.10. The van der Waals surface area contributed by atoms with Gasteiger partial charge in [-0.3, -0.25) is 4.79 Å². The van der Waals surface area contributed by atoms with Crippen LogP contribution in [0, 0.1) is 5.82 Å². The monoisotopic (exact) mass is 356 g/mol. The number of rotatable bonds is 5. The van der Waals surface area contributed by atoms with Crippen molar-refractivity contribution < 1.29 is 9.18 Å². The molecule has 25 heavy (non-hydrogen) atoms. The summed E-state index contributed by atoms with van der Waals surface area (Å²) < 4.78 is 13.6. The highest BCUT2D eigenvalue weighted by Crippen LogP contribution is 2.21. The van der Waals surface area contributed by atoms with Crippen LogP contribution in [0.3, 0.4) is 0 Å². The second-order valence-electron chi connectivity index (χ2n) is 5.17. The summed E-state index contributed by atoms with van der Waals surface area (Å²) in [7, 11) is 0. The van der Waals surface area contributed by atoms with Crippen LogP contribution in [0.2, 0.25) is 5.02 Å². The Bertz CT molecular complexity index is 886. The molecule has 0 unspecified atom stereocenters. The molecule has 0 spiro atoms. The Morgan fingerprint density at radius 2 is 1.80 bits per heavy atom. The van der Waals surface area contributed by atoms with Crippen molar-refractivity contribution in [2.24, 2.45) is 0 Å². The highest BCUT2D eigenvalue weighted by molar-refractivity contribution is 6.33. The van der Waals surface area contributed by atoms with Crippen molar-refractivity contribution in [3.63, 3.8) is 0 Å². The normalized spacial score (nSPS) is 10.3. The fourth-order valence-electron chi connectivity index (χ4n) is 2.11. The first kappa shape index (κ1) is 16.9. The number of nitrogens with zero attached hydrogens (tertiary/aromatic N) is 2. The Labute approximate surface area is 148 Å². The molecule has 0 radical (unpaired) electrons. The largest absolute Gasteiger partial charge is 0.365 e. The number of para-hydroxylation sites is 1. The van der Waals surface area contributed by atoms with Crippen molar-refractivity contribution in [1.82, 2.24) is 9.97 Å². The van der Waals surface area contributed by atoms with Gasteiger partial charge in [0.05, 0.1) is 23.1 Å². The van der Waals surface area contributed by atoms with Crippen molar-refractivity contribution in [2.45, 2.75) is 6.54 Å². The molecular formula is C18H14ClFN4O. The number of carbonyl (C=O) groups is 1. The van der Waals surface area contributed by atoms with E-state index >= 15 is 0 Å². The summed E-state index contributed by atoms with van der Waals surface area (Å²) in [4.78, 5) is 20.3. The van der Waals surface area contributed by atoms with E-state index in [1.165, 1.54) is 18.5 Å². The lowest BCUT2D eigenvalue weighted by Crippen LogP contribution is -2.14. The van der Waals surface area contributed by atoms with Crippen LogP contribution >= 0.6 is 11.6 Å². The zero-order valence-corrected chi connectivity index (χ0v) is 13.8. The van der Waals surface area contributed by atoms with Crippen LogP contribution in [0.15, 0.2) is 60.9 Å². The summed E-state index contributed by atoms with van der Waals surface area (Å²) in [6.45, 7) is 0.270. The van der Waals surface area contributed by atoms with Crippen molar-refractivity contribution in [3.05, 3.63) is 83.0 Å². The van der Waals surface area contributed by atoms with E-state index in [-0.39, 0.29) is 18.1 Å². The summed E-state index contributed by atoms with van der Waals surface area (Å²) in [5, 5.41) is 6.07. The molecular weight excluding hydrogens is 343 g/mol. The SMILES string of the molecule is O=C(Nc1ccccc1Cl)c1cnc(NCc2ccccc2F)cn1. The molecule has 1 heterocycles. The third kappa shape index (κ3) is 4.30. The molecule has 7 heteroatoms. The van der Waals surface area contributed by atoms with Gasteiger partial charge in [0.25, 0.3) is 5.91 Å². The average Bonchev–Trinajstić information content (AvgIpc) is 2.63. The van der Waals surface area contributed by atoms with Gasteiger partial charge >= 0.3 is 0 Å². The van der Waals surface area contributed by atoms with Crippen molar-refractivity contribution in [3.8, 4) is 0 Å². The van der Waals surface area contributed by atoms with Gasteiger partial charge in [-0.05, 0) is 18.2 Å². The van der Waals surface area contributed by atoms with Gasteiger partial charge in [0, 0.05) is 12.1 Å². The molecule has 0 aliphatic heterocycles. The van der Waals surface area contributed by atoms with Gasteiger partial charge in [-0.25, -0.2) is 14.4 Å². The number of amides is 1. The standard InChI is InChI=1S/C18H14ClFN4O/c19-13-6-2-4-8-15(13)24-18(25)16-10-23-17(11-21-16)22-9-12-5-1-3-7-14(12)20/h1-8,10-11H,9H2,(H,22,23)(H,24,25). The fraction of sp³-hybridized carbons (Fsp3) is 0.0556. The maximum Gasteiger partial charge on any atom is 0.275 e. The molecule has 0 saturated carbocycles. The Morgan fingerprint density at radius 1 is 1.04 bits per heavy atom. The van der Waals surface area contributed by atoms with E-state index < -0.39 is 5.91 Å². The van der Waals surface area contributed by atoms with Crippen LogP contribution in [0.5, 0.6) is 0 Å². The van der Waals surface area contributed by atoms with E-state index in [0.29, 0.717) is 22.1 Å². The van der Waals surface area contributed by atoms with Crippen molar-refractivity contribution >= 4 is 29.0 Å². The van der Waals surface area contributed by atoms with Crippen molar-refractivity contribution in [1.29, 1.82) is 0 Å². The topological polar surface area (TPSA) is 66.9 Å². The molecule has 5 nitrogen and oxygen atoms in total. The lowest BCUT2D eigenvalue weighted by molar-refractivity contribution is 0.102. The predicted molar refractivity (Wildman–Crippen MR) is 95.2 cm³/mol. The molecule has 3 rings (SSSR count). The number of benzene rings is 2. The number of nitrogens with one attached hydrogen (secondary N) is 2. The van der Waals surface area contributed by atoms with Gasteiger partial charge in [0.2, 0.25) is 0 Å². The van der Waals surface area contributed by atoms with Crippen molar-refractivity contribution in [2.75, 3.05) is 10.6 Å². The van der Waals surface area contributed by atoms with E-state index in [1.807, 2.05) is 0 Å². The van der Waals surface area contributed by atoms with E-state index in [0.717, 1.165) is 0 Å². The smallest absolute Gasteiger partial charge is 0.275 e. The van der Waals surface area contributed by atoms with Gasteiger partial charge < -0.3 is 10.6 Å². The number of hydrogen-bond donors (Lipinski definition) is 2. The lowest BCUT2D eigenvalue weighted by Gasteiger charge is -2.08.